The number of ether oxygens (including phenoxy) is 2. The van der Waals surface area contributed by atoms with E-state index >= 15 is 0 Å². The lowest BCUT2D eigenvalue weighted by molar-refractivity contribution is -0.111. The minimum atomic E-state index is -1.18. The minimum Gasteiger partial charge on any atom is -0.493 e. The van der Waals surface area contributed by atoms with E-state index in [1.54, 1.807) is 6.08 Å². The first-order valence-electron chi connectivity index (χ1n) is 7.49. The topological polar surface area (TPSA) is 84.9 Å². The third kappa shape index (κ3) is 4.60. The Labute approximate surface area is 145 Å². The number of rotatable bonds is 6. The Bertz CT molecular complexity index is 809. The Morgan fingerprint density at radius 1 is 1.04 bits per heavy atom. The molecule has 0 bridgehead atoms. The van der Waals surface area contributed by atoms with Crippen molar-refractivity contribution in [2.24, 2.45) is 0 Å². The third-order valence-corrected chi connectivity index (χ3v) is 3.52. The lowest BCUT2D eigenvalue weighted by Gasteiger charge is -2.13. The summed E-state index contributed by atoms with van der Waals surface area (Å²) in [6.07, 6.45) is 2.99. The first kappa shape index (κ1) is 18.1. The normalized spacial score (nSPS) is 10.5. The summed E-state index contributed by atoms with van der Waals surface area (Å²) in [5, 5.41) is 11.9. The Kier molecular flexibility index (Phi) is 5.79. The van der Waals surface area contributed by atoms with Crippen LogP contribution in [0, 0.1) is 6.92 Å². The number of hydrogen-bond donors (Lipinski definition) is 2. The molecule has 2 aromatic rings. The molecule has 0 heterocycles. The van der Waals surface area contributed by atoms with Gasteiger partial charge in [-0.05, 0) is 18.6 Å². The largest absolute Gasteiger partial charge is 0.493 e. The SMILES string of the molecule is COc1cc(NC(=O)/C=C/c2ccc(C)cc2)c(C(=O)O)cc1OC. The Hall–Kier alpha value is -3.28. The van der Waals surface area contributed by atoms with Crippen LogP contribution in [-0.4, -0.2) is 31.2 Å². The predicted octanol–water partition coefficient (Wildman–Crippen LogP) is 3.36. The number of carbonyl (C=O) groups is 2. The maximum Gasteiger partial charge on any atom is 0.337 e. The van der Waals surface area contributed by atoms with Crippen LogP contribution in [0.25, 0.3) is 6.08 Å². The summed E-state index contributed by atoms with van der Waals surface area (Å²) >= 11 is 0. The van der Waals surface area contributed by atoms with Crippen molar-refractivity contribution in [3.8, 4) is 11.5 Å². The number of carboxylic acids is 1. The van der Waals surface area contributed by atoms with Crippen molar-refractivity contribution in [2.45, 2.75) is 6.92 Å². The molecule has 0 aliphatic rings. The van der Waals surface area contributed by atoms with E-state index in [-0.39, 0.29) is 17.0 Å². The number of methoxy groups -OCH3 is 2. The van der Waals surface area contributed by atoms with Crippen molar-refractivity contribution >= 4 is 23.6 Å². The summed E-state index contributed by atoms with van der Waals surface area (Å²) in [4.78, 5) is 23.5. The van der Waals surface area contributed by atoms with Crippen LogP contribution in [0.5, 0.6) is 11.5 Å². The second-order valence-electron chi connectivity index (χ2n) is 5.29. The molecular weight excluding hydrogens is 322 g/mol. The van der Waals surface area contributed by atoms with Gasteiger partial charge >= 0.3 is 5.97 Å². The molecule has 2 rings (SSSR count). The highest BCUT2D eigenvalue weighted by molar-refractivity contribution is 6.06. The number of aromatic carboxylic acids is 1. The molecule has 0 aromatic heterocycles. The van der Waals surface area contributed by atoms with E-state index in [9.17, 15) is 14.7 Å². The zero-order valence-corrected chi connectivity index (χ0v) is 14.2. The first-order valence-corrected chi connectivity index (χ1v) is 7.49. The number of carboxylic acid groups (broad SMARTS) is 1. The Morgan fingerprint density at radius 2 is 1.64 bits per heavy atom. The van der Waals surface area contributed by atoms with Crippen LogP contribution in [0.4, 0.5) is 5.69 Å². The molecule has 1 amide bonds. The van der Waals surface area contributed by atoms with Gasteiger partial charge in [-0.2, -0.15) is 0 Å². The van der Waals surface area contributed by atoms with Crippen LogP contribution in [0.15, 0.2) is 42.5 Å². The zero-order chi connectivity index (χ0) is 18.4. The van der Waals surface area contributed by atoms with Crippen molar-refractivity contribution in [2.75, 3.05) is 19.5 Å². The molecule has 0 aliphatic heterocycles. The van der Waals surface area contributed by atoms with Crippen LogP contribution < -0.4 is 14.8 Å². The van der Waals surface area contributed by atoms with Gasteiger partial charge in [0.2, 0.25) is 5.91 Å². The molecule has 6 nitrogen and oxygen atoms in total. The van der Waals surface area contributed by atoms with Crippen molar-refractivity contribution < 1.29 is 24.2 Å². The molecule has 2 N–H and O–H groups in total. The fourth-order valence-electron chi connectivity index (χ4n) is 2.18. The molecule has 0 unspecified atom stereocenters. The molecule has 25 heavy (non-hydrogen) atoms. The standard InChI is InChI=1S/C19H19NO5/c1-12-4-6-13(7-5-12)8-9-18(21)20-15-11-17(25-3)16(24-2)10-14(15)19(22)23/h4-11H,1-3H3,(H,20,21)(H,22,23)/b9-8+. The van der Waals surface area contributed by atoms with Gasteiger partial charge < -0.3 is 19.9 Å². The van der Waals surface area contributed by atoms with Crippen LogP contribution in [0.2, 0.25) is 0 Å². The minimum absolute atomic E-state index is 0.0882. The molecule has 0 saturated heterocycles. The van der Waals surface area contributed by atoms with Gasteiger partial charge in [-0.25, -0.2) is 4.79 Å². The van der Waals surface area contributed by atoms with E-state index in [0.29, 0.717) is 5.75 Å². The average Bonchev–Trinajstić information content (AvgIpc) is 2.60. The van der Waals surface area contributed by atoms with Gasteiger partial charge in [0.25, 0.3) is 0 Å². The van der Waals surface area contributed by atoms with Crippen molar-refractivity contribution in [3.05, 3.63) is 59.2 Å². The number of benzene rings is 2. The van der Waals surface area contributed by atoms with Gasteiger partial charge in [0.15, 0.2) is 11.5 Å². The number of nitrogens with one attached hydrogen (secondary N) is 1. The number of hydrogen-bond acceptors (Lipinski definition) is 4. The van der Waals surface area contributed by atoms with E-state index in [0.717, 1.165) is 11.1 Å². The monoisotopic (exact) mass is 341 g/mol. The first-order chi connectivity index (χ1) is 11.9. The molecule has 2 aromatic carbocycles. The molecule has 0 atom stereocenters. The van der Waals surface area contributed by atoms with Crippen LogP contribution in [0.3, 0.4) is 0 Å². The molecule has 0 saturated carbocycles. The lowest BCUT2D eigenvalue weighted by Crippen LogP contribution is -2.12. The highest BCUT2D eigenvalue weighted by atomic mass is 16.5. The molecule has 6 heteroatoms. The summed E-state index contributed by atoms with van der Waals surface area (Å²) < 4.78 is 10.2. The molecule has 0 aliphatic carbocycles. The lowest BCUT2D eigenvalue weighted by atomic mass is 10.1. The second-order valence-corrected chi connectivity index (χ2v) is 5.29. The number of carbonyl (C=O) groups excluding carboxylic acids is 1. The summed E-state index contributed by atoms with van der Waals surface area (Å²) in [5.41, 5.74) is 2.03. The van der Waals surface area contributed by atoms with Gasteiger partial charge in [0, 0.05) is 18.2 Å². The van der Waals surface area contributed by atoms with Crippen molar-refractivity contribution in [1.29, 1.82) is 0 Å². The molecule has 0 spiro atoms. The number of aryl methyl sites for hydroxylation is 1. The zero-order valence-electron chi connectivity index (χ0n) is 14.2. The van der Waals surface area contributed by atoms with Crippen LogP contribution in [0.1, 0.15) is 21.5 Å². The Morgan fingerprint density at radius 3 is 2.20 bits per heavy atom. The summed E-state index contributed by atoms with van der Waals surface area (Å²) in [6.45, 7) is 1.98. The molecule has 0 radical (unpaired) electrons. The van der Waals surface area contributed by atoms with E-state index in [2.05, 4.69) is 5.32 Å². The number of amides is 1. The van der Waals surface area contributed by atoms with E-state index in [4.69, 9.17) is 9.47 Å². The molecule has 0 fully saturated rings. The summed E-state index contributed by atoms with van der Waals surface area (Å²) in [6, 6.07) is 10.4. The van der Waals surface area contributed by atoms with Gasteiger partial charge in [0.1, 0.15) is 0 Å². The van der Waals surface area contributed by atoms with Gasteiger partial charge in [0.05, 0.1) is 25.5 Å². The highest BCUT2D eigenvalue weighted by Crippen LogP contribution is 2.33. The van der Waals surface area contributed by atoms with Gasteiger partial charge in [-0.3, -0.25) is 4.79 Å². The average molecular weight is 341 g/mol. The van der Waals surface area contributed by atoms with Crippen LogP contribution in [-0.2, 0) is 4.79 Å². The van der Waals surface area contributed by atoms with Gasteiger partial charge in [-0.1, -0.05) is 29.8 Å². The summed E-state index contributed by atoms with van der Waals surface area (Å²) in [7, 11) is 2.84. The smallest absolute Gasteiger partial charge is 0.337 e. The molecule has 130 valence electrons. The van der Waals surface area contributed by atoms with Gasteiger partial charge in [-0.15, -0.1) is 0 Å². The Balaban J connectivity index is 2.24. The van der Waals surface area contributed by atoms with Crippen molar-refractivity contribution in [3.63, 3.8) is 0 Å². The summed E-state index contributed by atoms with van der Waals surface area (Å²) in [5.74, 6) is -1.03. The second kappa shape index (κ2) is 8.01. The highest BCUT2D eigenvalue weighted by Gasteiger charge is 2.17. The maximum atomic E-state index is 12.1. The third-order valence-electron chi connectivity index (χ3n) is 3.52. The van der Waals surface area contributed by atoms with Crippen LogP contribution >= 0.6 is 0 Å². The van der Waals surface area contributed by atoms with E-state index < -0.39 is 11.9 Å². The van der Waals surface area contributed by atoms with E-state index in [1.165, 1.54) is 32.4 Å². The van der Waals surface area contributed by atoms with E-state index in [1.807, 2.05) is 31.2 Å². The fourth-order valence-corrected chi connectivity index (χ4v) is 2.18. The maximum absolute atomic E-state index is 12.1. The molecular formula is C19H19NO5. The fraction of sp³-hybridized carbons (Fsp3) is 0.158. The van der Waals surface area contributed by atoms with Crippen molar-refractivity contribution in [1.82, 2.24) is 0 Å². The quantitative estimate of drug-likeness (QED) is 0.787. The predicted molar refractivity (Wildman–Crippen MR) is 95.3 cm³/mol. The number of anilines is 1.